The molecule has 0 aliphatic heterocycles. The highest BCUT2D eigenvalue weighted by molar-refractivity contribution is 8.00. The van der Waals surface area contributed by atoms with Gasteiger partial charge in [0.1, 0.15) is 5.25 Å². The van der Waals surface area contributed by atoms with Crippen LogP contribution >= 0.6 is 11.8 Å². The van der Waals surface area contributed by atoms with Crippen LogP contribution in [0.4, 0.5) is 5.69 Å². The van der Waals surface area contributed by atoms with Gasteiger partial charge in [-0.05, 0) is 29.8 Å². The quantitative estimate of drug-likeness (QED) is 0.367. The number of non-ortho nitro benzene ring substituents is 1. The van der Waals surface area contributed by atoms with Crippen LogP contribution in [0.5, 0.6) is 0 Å². The predicted octanol–water partition coefficient (Wildman–Crippen LogP) is 3.89. The first-order valence-electron chi connectivity index (χ1n) is 8.66. The van der Waals surface area contributed by atoms with E-state index in [0.717, 1.165) is 10.5 Å². The maximum Gasteiger partial charge on any atom is 0.269 e. The summed E-state index contributed by atoms with van der Waals surface area (Å²) in [5.74, 6) is -0.954. The minimum Gasteiger partial charge on any atom is -0.272 e. The fourth-order valence-electron chi connectivity index (χ4n) is 2.53. The highest BCUT2D eigenvalue weighted by Crippen LogP contribution is 2.35. The van der Waals surface area contributed by atoms with Gasteiger partial charge in [-0.2, -0.15) is 0 Å². The van der Waals surface area contributed by atoms with Crippen molar-refractivity contribution in [2.45, 2.75) is 10.1 Å². The Kier molecular flexibility index (Phi) is 6.59. The van der Waals surface area contributed by atoms with Crippen LogP contribution in [0, 0.1) is 10.1 Å². The number of nitrogens with zero attached hydrogens (tertiary/aromatic N) is 1. The van der Waals surface area contributed by atoms with Crippen molar-refractivity contribution in [2.24, 2.45) is 0 Å². The molecule has 0 aromatic heterocycles. The molecule has 146 valence electrons. The maximum atomic E-state index is 12.8. The van der Waals surface area contributed by atoms with E-state index in [1.54, 1.807) is 0 Å². The van der Waals surface area contributed by atoms with Crippen molar-refractivity contribution < 1.29 is 14.5 Å². The smallest absolute Gasteiger partial charge is 0.269 e. The summed E-state index contributed by atoms with van der Waals surface area (Å²) in [6.07, 6.45) is 0. The highest BCUT2D eigenvalue weighted by atomic mass is 32.2. The Morgan fingerprint density at radius 2 is 1.41 bits per heavy atom. The molecule has 0 aliphatic rings. The molecular formula is C21H17N3O4S. The first kappa shape index (κ1) is 20.1. The summed E-state index contributed by atoms with van der Waals surface area (Å²) in [7, 11) is 0. The van der Waals surface area contributed by atoms with Crippen molar-refractivity contribution in [3.05, 3.63) is 106 Å². The molecule has 8 heteroatoms. The number of amides is 2. The molecule has 29 heavy (non-hydrogen) atoms. The number of thioether (sulfide) groups is 1. The largest absolute Gasteiger partial charge is 0.272 e. The Bertz CT molecular complexity index is 995. The normalized spacial score (nSPS) is 11.3. The molecule has 3 aromatic rings. The van der Waals surface area contributed by atoms with Crippen LogP contribution in [0.3, 0.4) is 0 Å². The van der Waals surface area contributed by atoms with Crippen LogP contribution in [-0.2, 0) is 4.79 Å². The Morgan fingerprint density at radius 3 is 2.00 bits per heavy atom. The molecule has 0 radical (unpaired) electrons. The maximum absolute atomic E-state index is 12.8. The van der Waals surface area contributed by atoms with Crippen molar-refractivity contribution in [2.75, 3.05) is 0 Å². The van der Waals surface area contributed by atoms with Crippen molar-refractivity contribution in [1.29, 1.82) is 0 Å². The number of nitro groups is 1. The van der Waals surface area contributed by atoms with Gasteiger partial charge in [-0.25, -0.2) is 0 Å². The molecule has 1 unspecified atom stereocenters. The number of nitro benzene ring substituents is 1. The summed E-state index contributed by atoms with van der Waals surface area (Å²) in [6.45, 7) is 0. The van der Waals surface area contributed by atoms with Crippen LogP contribution in [0.15, 0.2) is 89.8 Å². The van der Waals surface area contributed by atoms with Crippen LogP contribution in [-0.4, -0.2) is 16.7 Å². The van der Waals surface area contributed by atoms with Crippen molar-refractivity contribution in [1.82, 2.24) is 10.9 Å². The number of carbonyl (C=O) groups excluding carboxylic acids is 2. The van der Waals surface area contributed by atoms with Crippen LogP contribution in [0.25, 0.3) is 0 Å². The Balaban J connectivity index is 1.69. The van der Waals surface area contributed by atoms with Gasteiger partial charge in [-0.3, -0.25) is 30.6 Å². The van der Waals surface area contributed by atoms with Gasteiger partial charge < -0.3 is 0 Å². The van der Waals surface area contributed by atoms with Crippen LogP contribution in [0.1, 0.15) is 21.2 Å². The highest BCUT2D eigenvalue weighted by Gasteiger charge is 2.22. The summed E-state index contributed by atoms with van der Waals surface area (Å²) in [5, 5.41) is 10.1. The third kappa shape index (κ3) is 5.43. The first-order chi connectivity index (χ1) is 14.0. The summed E-state index contributed by atoms with van der Waals surface area (Å²) in [4.78, 5) is 36.1. The van der Waals surface area contributed by atoms with Gasteiger partial charge in [0.2, 0.25) is 0 Å². The Morgan fingerprint density at radius 1 is 0.828 bits per heavy atom. The molecule has 0 fully saturated rings. The first-order valence-corrected chi connectivity index (χ1v) is 9.54. The monoisotopic (exact) mass is 407 g/mol. The van der Waals surface area contributed by atoms with Crippen molar-refractivity contribution in [3.8, 4) is 0 Å². The number of hydrogen-bond donors (Lipinski definition) is 2. The lowest BCUT2D eigenvalue weighted by Gasteiger charge is -2.17. The number of carbonyl (C=O) groups is 2. The van der Waals surface area contributed by atoms with E-state index in [4.69, 9.17) is 0 Å². The lowest BCUT2D eigenvalue weighted by molar-refractivity contribution is -0.384. The summed E-state index contributed by atoms with van der Waals surface area (Å²) >= 11 is 1.36. The van der Waals surface area contributed by atoms with Crippen molar-refractivity contribution >= 4 is 29.3 Å². The molecule has 2 amide bonds. The fourth-order valence-corrected chi connectivity index (χ4v) is 3.57. The third-order valence-electron chi connectivity index (χ3n) is 3.98. The molecule has 1 atom stereocenters. The fraction of sp³-hybridized carbons (Fsp3) is 0.0476. The van der Waals surface area contributed by atoms with E-state index in [-0.39, 0.29) is 17.2 Å². The predicted molar refractivity (Wildman–Crippen MR) is 110 cm³/mol. The molecule has 0 heterocycles. The Hall–Kier alpha value is -3.65. The second-order valence-corrected chi connectivity index (χ2v) is 7.15. The van der Waals surface area contributed by atoms with Gasteiger partial charge in [0.25, 0.3) is 17.5 Å². The van der Waals surface area contributed by atoms with Gasteiger partial charge >= 0.3 is 0 Å². The average Bonchev–Trinajstić information content (AvgIpc) is 2.77. The SMILES string of the molecule is O=C(NNC(=O)C(Sc1ccccc1)c1ccccc1)c1ccc([N+](=O)[O-])cc1. The molecule has 3 rings (SSSR count). The third-order valence-corrected chi connectivity index (χ3v) is 5.24. The van der Waals surface area contributed by atoms with E-state index < -0.39 is 16.1 Å². The number of hydrazine groups is 1. The molecule has 0 saturated carbocycles. The van der Waals surface area contributed by atoms with E-state index in [0.29, 0.717) is 0 Å². The number of nitrogens with one attached hydrogen (secondary N) is 2. The Labute approximate surface area is 171 Å². The van der Waals surface area contributed by atoms with E-state index >= 15 is 0 Å². The second kappa shape index (κ2) is 9.52. The van der Waals surface area contributed by atoms with Gasteiger partial charge in [0.05, 0.1) is 4.92 Å². The molecule has 0 aliphatic carbocycles. The molecule has 3 aromatic carbocycles. The number of hydrogen-bond acceptors (Lipinski definition) is 5. The van der Waals surface area contributed by atoms with Crippen LogP contribution in [0.2, 0.25) is 0 Å². The van der Waals surface area contributed by atoms with Crippen molar-refractivity contribution in [3.63, 3.8) is 0 Å². The lowest BCUT2D eigenvalue weighted by atomic mass is 10.1. The standard InChI is InChI=1S/C21H17N3O4S/c25-20(16-11-13-17(14-12-16)24(27)28)22-23-21(26)19(15-7-3-1-4-8-15)29-18-9-5-2-6-10-18/h1-14,19H,(H,22,25)(H,23,26). The zero-order valence-corrected chi connectivity index (χ0v) is 16.0. The molecule has 2 N–H and O–H groups in total. The van der Waals surface area contributed by atoms with Gasteiger partial charge in [-0.15, -0.1) is 11.8 Å². The second-order valence-electron chi connectivity index (χ2n) is 5.97. The van der Waals surface area contributed by atoms with E-state index in [2.05, 4.69) is 10.9 Å². The zero-order valence-electron chi connectivity index (χ0n) is 15.1. The topological polar surface area (TPSA) is 101 Å². The van der Waals surface area contributed by atoms with E-state index in [9.17, 15) is 19.7 Å². The number of rotatable bonds is 6. The minimum atomic E-state index is -0.573. The minimum absolute atomic E-state index is 0.117. The summed E-state index contributed by atoms with van der Waals surface area (Å²) < 4.78 is 0. The lowest BCUT2D eigenvalue weighted by Crippen LogP contribution is -2.43. The van der Waals surface area contributed by atoms with E-state index in [1.165, 1.54) is 36.0 Å². The molecule has 0 spiro atoms. The van der Waals surface area contributed by atoms with E-state index in [1.807, 2.05) is 60.7 Å². The van der Waals surface area contributed by atoms with Gasteiger partial charge in [0.15, 0.2) is 0 Å². The van der Waals surface area contributed by atoms with Crippen LogP contribution < -0.4 is 10.9 Å². The van der Waals surface area contributed by atoms with Gasteiger partial charge in [-0.1, -0.05) is 48.5 Å². The summed E-state index contributed by atoms with van der Waals surface area (Å²) in [5.41, 5.74) is 5.68. The molecule has 0 bridgehead atoms. The summed E-state index contributed by atoms with van der Waals surface area (Å²) in [6, 6.07) is 23.8. The average molecular weight is 407 g/mol. The molecule has 0 saturated heterocycles. The van der Waals surface area contributed by atoms with Gasteiger partial charge in [0, 0.05) is 22.6 Å². The number of benzene rings is 3. The molecule has 7 nitrogen and oxygen atoms in total. The molecular weight excluding hydrogens is 390 g/mol. The zero-order chi connectivity index (χ0) is 20.6.